The highest BCUT2D eigenvalue weighted by Gasteiger charge is 2.49. The van der Waals surface area contributed by atoms with E-state index in [0.717, 1.165) is 0 Å². The molecule has 0 aliphatic heterocycles. The zero-order valence-electron chi connectivity index (χ0n) is 10.2. The summed E-state index contributed by atoms with van der Waals surface area (Å²) in [5, 5.41) is 9.69. The van der Waals surface area contributed by atoms with Crippen molar-refractivity contribution in [1.29, 1.82) is 0 Å². The molecule has 0 aliphatic rings. The van der Waals surface area contributed by atoms with E-state index in [2.05, 4.69) is 5.18 Å². The fourth-order valence-corrected chi connectivity index (χ4v) is 3.03. The maximum absolute atomic E-state index is 12.3. The van der Waals surface area contributed by atoms with E-state index in [1.165, 1.54) is 6.92 Å². The smallest absolute Gasteiger partial charge is 0.361 e. The van der Waals surface area contributed by atoms with Gasteiger partial charge in [0.05, 0.1) is 13.2 Å². The molecule has 17 heavy (non-hydrogen) atoms. The second kappa shape index (κ2) is 6.83. The van der Waals surface area contributed by atoms with Crippen molar-refractivity contribution in [2.75, 3.05) is 13.2 Å². The van der Waals surface area contributed by atoms with Crippen molar-refractivity contribution in [3.8, 4) is 0 Å². The number of carboxylic acid groups (broad SMARTS) is 1. The Morgan fingerprint density at radius 2 is 1.82 bits per heavy atom. The zero-order chi connectivity index (χ0) is 13.5. The molecule has 0 spiro atoms. The molecule has 0 saturated heterocycles. The summed E-state index contributed by atoms with van der Waals surface area (Å²) in [5.74, 6) is -1.10. The molecular formula is C9H18NO6P. The molecule has 0 radical (unpaired) electrons. The molecule has 0 saturated carbocycles. The molecular weight excluding hydrogens is 249 g/mol. The van der Waals surface area contributed by atoms with Crippen molar-refractivity contribution in [2.24, 2.45) is 5.18 Å². The largest absolute Gasteiger partial charge is 0.481 e. The predicted octanol–water partition coefficient (Wildman–Crippen LogP) is 2.60. The first-order chi connectivity index (χ1) is 7.85. The van der Waals surface area contributed by atoms with Crippen molar-refractivity contribution in [2.45, 2.75) is 38.9 Å². The summed E-state index contributed by atoms with van der Waals surface area (Å²) in [7, 11) is -3.74. The predicted molar refractivity (Wildman–Crippen MR) is 61.9 cm³/mol. The number of nitroso groups, excluding NO2 is 1. The molecule has 0 aromatic rings. The standard InChI is InChI=1S/C9H18NO6P/c1-4-15-17(14,16-5-2)9(3,10-13)7-6-8(11)12/h4-7H2,1-3H3,(H,11,12). The van der Waals surface area contributed by atoms with Crippen LogP contribution in [0, 0.1) is 4.91 Å². The molecule has 0 amide bonds. The van der Waals surface area contributed by atoms with E-state index in [1.54, 1.807) is 13.8 Å². The SMILES string of the molecule is CCOP(=O)(OCC)C(C)(CCC(=O)O)N=O. The van der Waals surface area contributed by atoms with Crippen LogP contribution >= 0.6 is 7.60 Å². The van der Waals surface area contributed by atoms with Crippen molar-refractivity contribution >= 4 is 13.6 Å². The van der Waals surface area contributed by atoms with Gasteiger partial charge in [0.2, 0.25) is 5.28 Å². The number of hydrogen-bond acceptors (Lipinski definition) is 6. The lowest BCUT2D eigenvalue weighted by Crippen LogP contribution is -2.25. The van der Waals surface area contributed by atoms with E-state index >= 15 is 0 Å². The Kier molecular flexibility index (Phi) is 6.52. The van der Waals surface area contributed by atoms with E-state index in [-0.39, 0.29) is 26.1 Å². The van der Waals surface area contributed by atoms with Crippen molar-refractivity contribution in [3.63, 3.8) is 0 Å². The molecule has 0 fully saturated rings. The van der Waals surface area contributed by atoms with Crippen LogP contribution in [0.15, 0.2) is 5.18 Å². The molecule has 0 aromatic carbocycles. The third-order valence-corrected chi connectivity index (χ3v) is 4.88. The number of aliphatic carboxylic acids is 1. The van der Waals surface area contributed by atoms with Gasteiger partial charge in [-0.2, -0.15) is 0 Å². The lowest BCUT2D eigenvalue weighted by molar-refractivity contribution is -0.137. The van der Waals surface area contributed by atoms with Crippen LogP contribution in [0.2, 0.25) is 0 Å². The number of carboxylic acids is 1. The van der Waals surface area contributed by atoms with Gasteiger partial charge in [0.1, 0.15) is 0 Å². The summed E-state index contributed by atoms with van der Waals surface area (Å²) in [6.45, 7) is 4.68. The Bertz CT molecular complexity index is 311. The van der Waals surface area contributed by atoms with Gasteiger partial charge in [-0.05, 0) is 27.2 Å². The van der Waals surface area contributed by atoms with E-state index < -0.39 is 18.8 Å². The molecule has 1 atom stereocenters. The van der Waals surface area contributed by atoms with Crippen LogP contribution in [-0.4, -0.2) is 29.6 Å². The van der Waals surface area contributed by atoms with E-state index in [9.17, 15) is 14.3 Å². The van der Waals surface area contributed by atoms with Gasteiger partial charge in [-0.25, -0.2) is 0 Å². The number of nitrogens with zero attached hydrogens (tertiary/aromatic N) is 1. The van der Waals surface area contributed by atoms with Gasteiger partial charge in [0, 0.05) is 6.42 Å². The Balaban J connectivity index is 5.04. The first kappa shape index (κ1) is 16.2. The van der Waals surface area contributed by atoms with Gasteiger partial charge >= 0.3 is 13.6 Å². The topological polar surface area (TPSA) is 102 Å². The molecule has 1 N–H and O–H groups in total. The Hall–Kier alpha value is -0.780. The summed E-state index contributed by atoms with van der Waals surface area (Å²) in [5.41, 5.74) is 0. The fraction of sp³-hybridized carbons (Fsp3) is 0.889. The second-order valence-electron chi connectivity index (χ2n) is 3.54. The van der Waals surface area contributed by atoms with Crippen molar-refractivity contribution in [3.05, 3.63) is 4.91 Å². The molecule has 0 bridgehead atoms. The van der Waals surface area contributed by atoms with Crippen LogP contribution in [0.3, 0.4) is 0 Å². The van der Waals surface area contributed by atoms with Gasteiger partial charge in [-0.1, -0.05) is 5.18 Å². The van der Waals surface area contributed by atoms with Gasteiger partial charge < -0.3 is 14.2 Å². The summed E-state index contributed by atoms with van der Waals surface area (Å²) >= 11 is 0. The third-order valence-electron chi connectivity index (χ3n) is 2.20. The minimum Gasteiger partial charge on any atom is -0.481 e. The zero-order valence-corrected chi connectivity index (χ0v) is 11.1. The van der Waals surface area contributed by atoms with Gasteiger partial charge in [-0.15, -0.1) is 4.91 Å². The molecule has 0 aromatic heterocycles. The number of carbonyl (C=O) groups is 1. The third kappa shape index (κ3) is 4.18. The normalized spacial score (nSPS) is 15.2. The molecule has 7 nitrogen and oxygen atoms in total. The average molecular weight is 267 g/mol. The first-order valence-corrected chi connectivity index (χ1v) is 6.85. The van der Waals surface area contributed by atoms with E-state index in [1.807, 2.05) is 0 Å². The maximum Gasteiger partial charge on any atom is 0.361 e. The van der Waals surface area contributed by atoms with Crippen LogP contribution < -0.4 is 0 Å². The van der Waals surface area contributed by atoms with Crippen LogP contribution in [0.5, 0.6) is 0 Å². The molecule has 0 heterocycles. The molecule has 100 valence electrons. The van der Waals surface area contributed by atoms with Crippen LogP contribution in [0.25, 0.3) is 0 Å². The first-order valence-electron chi connectivity index (χ1n) is 5.30. The lowest BCUT2D eigenvalue weighted by Gasteiger charge is -2.29. The summed E-state index contributed by atoms with van der Waals surface area (Å²) in [4.78, 5) is 21.4. The number of hydrogen-bond donors (Lipinski definition) is 1. The molecule has 1 unspecified atom stereocenters. The Morgan fingerprint density at radius 3 is 2.12 bits per heavy atom. The summed E-state index contributed by atoms with van der Waals surface area (Å²) in [6, 6.07) is 0. The molecule has 0 rings (SSSR count). The summed E-state index contributed by atoms with van der Waals surface area (Å²) in [6.07, 6.45) is -0.518. The van der Waals surface area contributed by atoms with Gasteiger partial charge in [-0.3, -0.25) is 9.36 Å². The quantitative estimate of drug-likeness (QED) is 0.508. The van der Waals surface area contributed by atoms with Gasteiger partial charge in [0.15, 0.2) is 0 Å². The molecule has 8 heteroatoms. The minimum atomic E-state index is -3.74. The highest BCUT2D eigenvalue weighted by molar-refractivity contribution is 7.55. The van der Waals surface area contributed by atoms with Gasteiger partial charge in [0.25, 0.3) is 0 Å². The van der Waals surface area contributed by atoms with E-state index in [4.69, 9.17) is 14.2 Å². The fourth-order valence-electron chi connectivity index (χ4n) is 1.23. The van der Waals surface area contributed by atoms with Crippen molar-refractivity contribution in [1.82, 2.24) is 0 Å². The monoisotopic (exact) mass is 267 g/mol. The van der Waals surface area contributed by atoms with Crippen LogP contribution in [0.4, 0.5) is 0 Å². The Morgan fingerprint density at radius 1 is 1.35 bits per heavy atom. The van der Waals surface area contributed by atoms with Crippen molar-refractivity contribution < 1.29 is 23.5 Å². The lowest BCUT2D eigenvalue weighted by atomic mass is 10.2. The average Bonchev–Trinajstić information content (AvgIpc) is 2.26. The minimum absolute atomic E-state index is 0.0927. The van der Waals surface area contributed by atoms with E-state index in [0.29, 0.717) is 0 Å². The van der Waals surface area contributed by atoms with Crippen LogP contribution in [-0.2, 0) is 18.4 Å². The number of rotatable bonds is 9. The second-order valence-corrected chi connectivity index (χ2v) is 6.01. The van der Waals surface area contributed by atoms with Crippen LogP contribution in [0.1, 0.15) is 33.6 Å². The highest BCUT2D eigenvalue weighted by Crippen LogP contribution is 2.62. The Labute approximate surface area is 100.0 Å². The molecule has 0 aliphatic carbocycles. The maximum atomic E-state index is 12.3. The summed E-state index contributed by atoms with van der Waals surface area (Å²) < 4.78 is 22.4. The highest BCUT2D eigenvalue weighted by atomic mass is 31.2.